The third-order valence-corrected chi connectivity index (χ3v) is 2.20. The van der Waals surface area contributed by atoms with E-state index >= 15 is 0 Å². The molecule has 0 saturated carbocycles. The Labute approximate surface area is 76.4 Å². The summed E-state index contributed by atoms with van der Waals surface area (Å²) in [6, 6.07) is 6.06. The Morgan fingerprint density at radius 2 is 2.42 bits per heavy atom. The van der Waals surface area contributed by atoms with Crippen molar-refractivity contribution >= 4 is 16.9 Å². The summed E-state index contributed by atoms with van der Waals surface area (Å²) in [4.78, 5) is 2.89. The largest absolute Gasteiger partial charge is 0.382 e. The lowest BCUT2D eigenvalue weighted by molar-refractivity contribution is 0.566. The van der Waals surface area contributed by atoms with Gasteiger partial charge in [-0.15, -0.1) is 11.3 Å². The predicted octanol–water partition coefficient (Wildman–Crippen LogP) is 2.17. The fourth-order valence-electron chi connectivity index (χ4n) is 0.838. The second-order valence-corrected chi connectivity index (χ2v) is 3.54. The summed E-state index contributed by atoms with van der Waals surface area (Å²) in [6.45, 7) is 0. The van der Waals surface area contributed by atoms with Gasteiger partial charge in [0.2, 0.25) is 0 Å². The molecule has 1 heterocycles. The second kappa shape index (κ2) is 3.93. The van der Waals surface area contributed by atoms with Crippen LogP contribution < -0.4 is 0 Å². The minimum Gasteiger partial charge on any atom is -0.382 e. The average Bonchev–Trinajstić information content (AvgIpc) is 2.51. The Morgan fingerprint density at radius 3 is 2.83 bits per heavy atom. The van der Waals surface area contributed by atoms with Crippen molar-refractivity contribution in [3.8, 4) is 6.07 Å². The van der Waals surface area contributed by atoms with Crippen molar-refractivity contribution in [1.82, 2.24) is 4.90 Å². The van der Waals surface area contributed by atoms with E-state index in [9.17, 15) is 0 Å². The summed E-state index contributed by atoms with van der Waals surface area (Å²) in [6.07, 6.45) is 1.83. The molecule has 62 valence electrons. The van der Waals surface area contributed by atoms with Gasteiger partial charge >= 0.3 is 0 Å². The van der Waals surface area contributed by atoms with Gasteiger partial charge in [-0.3, -0.25) is 0 Å². The predicted molar refractivity (Wildman–Crippen MR) is 51.6 cm³/mol. The van der Waals surface area contributed by atoms with Gasteiger partial charge in [0, 0.05) is 25.2 Å². The van der Waals surface area contributed by atoms with Crippen LogP contribution in [0.25, 0.3) is 5.57 Å². The molecule has 0 amide bonds. The van der Waals surface area contributed by atoms with Crippen molar-refractivity contribution in [2.24, 2.45) is 0 Å². The molecule has 1 rings (SSSR count). The Kier molecular flexibility index (Phi) is 2.89. The number of hydrogen-bond donors (Lipinski definition) is 0. The fourth-order valence-corrected chi connectivity index (χ4v) is 1.52. The summed E-state index contributed by atoms with van der Waals surface area (Å²) < 4.78 is 0. The van der Waals surface area contributed by atoms with Crippen LogP contribution in [0.1, 0.15) is 4.88 Å². The van der Waals surface area contributed by atoms with E-state index in [2.05, 4.69) is 6.07 Å². The van der Waals surface area contributed by atoms with Gasteiger partial charge in [0.05, 0.1) is 5.57 Å². The summed E-state index contributed by atoms with van der Waals surface area (Å²) in [5.41, 5.74) is 0.718. The first kappa shape index (κ1) is 8.82. The molecule has 0 aliphatic rings. The van der Waals surface area contributed by atoms with Gasteiger partial charge in [-0.2, -0.15) is 5.26 Å². The van der Waals surface area contributed by atoms with E-state index in [1.54, 1.807) is 11.3 Å². The number of thiophene rings is 1. The lowest BCUT2D eigenvalue weighted by Gasteiger charge is -2.04. The molecule has 0 aromatic carbocycles. The number of rotatable bonds is 2. The molecule has 0 bridgehead atoms. The highest BCUT2D eigenvalue weighted by molar-refractivity contribution is 7.11. The van der Waals surface area contributed by atoms with E-state index in [0.29, 0.717) is 0 Å². The van der Waals surface area contributed by atoms with Crippen molar-refractivity contribution in [2.75, 3.05) is 14.1 Å². The van der Waals surface area contributed by atoms with E-state index in [1.807, 2.05) is 42.7 Å². The zero-order valence-electron chi connectivity index (χ0n) is 7.11. The molecule has 3 heteroatoms. The number of hydrogen-bond acceptors (Lipinski definition) is 3. The van der Waals surface area contributed by atoms with E-state index in [4.69, 9.17) is 5.26 Å². The summed E-state index contributed by atoms with van der Waals surface area (Å²) in [7, 11) is 3.82. The molecule has 0 atom stereocenters. The van der Waals surface area contributed by atoms with Crippen molar-refractivity contribution in [2.45, 2.75) is 0 Å². The summed E-state index contributed by atoms with van der Waals surface area (Å²) >= 11 is 1.58. The van der Waals surface area contributed by atoms with Crippen LogP contribution in [0.15, 0.2) is 23.7 Å². The Balaban J connectivity index is 2.93. The van der Waals surface area contributed by atoms with Crippen LogP contribution in [0.5, 0.6) is 0 Å². The lowest BCUT2D eigenvalue weighted by atomic mass is 10.2. The van der Waals surface area contributed by atoms with Gasteiger partial charge in [-0.25, -0.2) is 0 Å². The molecule has 12 heavy (non-hydrogen) atoms. The summed E-state index contributed by atoms with van der Waals surface area (Å²) in [5.74, 6) is 0. The summed E-state index contributed by atoms with van der Waals surface area (Å²) in [5, 5.41) is 10.8. The maximum Gasteiger partial charge on any atom is 0.102 e. The smallest absolute Gasteiger partial charge is 0.102 e. The van der Waals surface area contributed by atoms with Crippen molar-refractivity contribution < 1.29 is 0 Å². The first-order valence-electron chi connectivity index (χ1n) is 3.56. The van der Waals surface area contributed by atoms with Gasteiger partial charge < -0.3 is 4.90 Å². The second-order valence-electron chi connectivity index (χ2n) is 2.60. The maximum absolute atomic E-state index is 8.81. The zero-order chi connectivity index (χ0) is 8.97. The van der Waals surface area contributed by atoms with Crippen LogP contribution in [0.4, 0.5) is 0 Å². The standard InChI is InChI=1S/C9H10N2S/c1-11(2)7-8(6-10)9-4-3-5-12-9/h3-5,7H,1-2H3/b8-7-. The highest BCUT2D eigenvalue weighted by Gasteiger charge is 2.00. The monoisotopic (exact) mass is 178 g/mol. The Bertz CT molecular complexity index is 304. The first-order valence-corrected chi connectivity index (χ1v) is 4.44. The highest BCUT2D eigenvalue weighted by atomic mass is 32.1. The molecule has 2 nitrogen and oxygen atoms in total. The minimum absolute atomic E-state index is 0.718. The molecular formula is C9H10N2S. The number of nitriles is 1. The quantitative estimate of drug-likeness (QED) is 0.649. The number of allylic oxidation sites excluding steroid dienone is 1. The number of nitrogens with zero attached hydrogens (tertiary/aromatic N) is 2. The van der Waals surface area contributed by atoms with Crippen molar-refractivity contribution in [3.63, 3.8) is 0 Å². The molecule has 0 aliphatic heterocycles. The Morgan fingerprint density at radius 1 is 1.67 bits per heavy atom. The fraction of sp³-hybridized carbons (Fsp3) is 0.222. The van der Waals surface area contributed by atoms with Crippen molar-refractivity contribution in [1.29, 1.82) is 5.26 Å². The third kappa shape index (κ3) is 2.11. The molecule has 0 unspecified atom stereocenters. The van der Waals surface area contributed by atoms with Crippen molar-refractivity contribution in [3.05, 3.63) is 28.6 Å². The maximum atomic E-state index is 8.81. The highest BCUT2D eigenvalue weighted by Crippen LogP contribution is 2.19. The van der Waals surface area contributed by atoms with E-state index in [1.165, 1.54) is 0 Å². The van der Waals surface area contributed by atoms with Gasteiger partial charge in [-0.05, 0) is 11.4 Å². The molecule has 0 aliphatic carbocycles. The Hall–Kier alpha value is -1.27. The molecule has 0 N–H and O–H groups in total. The van der Waals surface area contributed by atoms with Crippen LogP contribution in [0.3, 0.4) is 0 Å². The van der Waals surface area contributed by atoms with Crippen LogP contribution >= 0.6 is 11.3 Å². The molecule has 0 saturated heterocycles. The molecular weight excluding hydrogens is 168 g/mol. The molecule has 1 aromatic rings. The average molecular weight is 178 g/mol. The van der Waals surface area contributed by atoms with Crippen LogP contribution in [0, 0.1) is 11.3 Å². The van der Waals surface area contributed by atoms with E-state index in [0.717, 1.165) is 10.5 Å². The third-order valence-electron chi connectivity index (χ3n) is 1.29. The normalized spacial score (nSPS) is 10.9. The van der Waals surface area contributed by atoms with Gasteiger partial charge in [-0.1, -0.05) is 6.07 Å². The van der Waals surface area contributed by atoms with Gasteiger partial charge in [0.1, 0.15) is 6.07 Å². The van der Waals surface area contributed by atoms with Crippen LogP contribution in [-0.4, -0.2) is 19.0 Å². The van der Waals surface area contributed by atoms with Crippen LogP contribution in [0.2, 0.25) is 0 Å². The lowest BCUT2D eigenvalue weighted by Crippen LogP contribution is -2.01. The van der Waals surface area contributed by atoms with E-state index in [-0.39, 0.29) is 0 Å². The van der Waals surface area contributed by atoms with Gasteiger partial charge in [0.25, 0.3) is 0 Å². The minimum atomic E-state index is 0.718. The van der Waals surface area contributed by atoms with Gasteiger partial charge in [0.15, 0.2) is 0 Å². The molecule has 0 spiro atoms. The molecule has 0 radical (unpaired) electrons. The first-order chi connectivity index (χ1) is 5.74. The van der Waals surface area contributed by atoms with E-state index < -0.39 is 0 Å². The molecule has 0 fully saturated rings. The zero-order valence-corrected chi connectivity index (χ0v) is 7.93. The topological polar surface area (TPSA) is 27.0 Å². The van der Waals surface area contributed by atoms with Crippen LogP contribution in [-0.2, 0) is 0 Å². The molecule has 1 aromatic heterocycles. The SMILES string of the molecule is CN(C)/C=C(/C#N)c1cccs1.